The van der Waals surface area contributed by atoms with Gasteiger partial charge in [-0.1, -0.05) is 0 Å². The maximum Gasteiger partial charge on any atom is 0.236 e. The average Bonchev–Trinajstić information content (AvgIpc) is 2.88. The molecule has 0 aromatic carbocycles. The number of aromatic nitrogens is 2. The molecule has 0 atom stereocenters. The summed E-state index contributed by atoms with van der Waals surface area (Å²) in [5.41, 5.74) is 1.03. The number of nitrogens with one attached hydrogen (secondary N) is 1. The summed E-state index contributed by atoms with van der Waals surface area (Å²) >= 11 is 0. The fourth-order valence-corrected chi connectivity index (χ4v) is 2.29. The van der Waals surface area contributed by atoms with Gasteiger partial charge in [0.2, 0.25) is 5.91 Å². The second-order valence-electron chi connectivity index (χ2n) is 4.88. The van der Waals surface area contributed by atoms with Gasteiger partial charge in [0.1, 0.15) is 0 Å². The standard InChI is InChI=1S/C13H22N4O2/c18-7-6-17-11-12(9-15-17)8-14-10-13(19)16-4-2-1-3-5-16/h9,11,14,18H,1-8,10H2. The second kappa shape index (κ2) is 7.25. The zero-order valence-electron chi connectivity index (χ0n) is 11.2. The molecule has 6 nitrogen and oxygen atoms in total. The van der Waals surface area contributed by atoms with E-state index in [-0.39, 0.29) is 12.5 Å². The van der Waals surface area contributed by atoms with Gasteiger partial charge in [0, 0.05) is 31.4 Å². The first kappa shape index (κ1) is 14.0. The highest BCUT2D eigenvalue weighted by molar-refractivity contribution is 5.78. The number of piperidine rings is 1. The average molecular weight is 266 g/mol. The summed E-state index contributed by atoms with van der Waals surface area (Å²) in [6.07, 6.45) is 7.13. The number of likely N-dealkylation sites (tertiary alicyclic amines) is 1. The van der Waals surface area contributed by atoms with E-state index in [1.165, 1.54) is 6.42 Å². The molecule has 6 heteroatoms. The van der Waals surface area contributed by atoms with Crippen LogP contribution in [-0.2, 0) is 17.9 Å². The minimum absolute atomic E-state index is 0.0853. The number of carbonyl (C=O) groups excluding carboxylic acids is 1. The molecule has 1 aromatic rings. The number of hydrogen-bond acceptors (Lipinski definition) is 4. The molecule has 1 saturated heterocycles. The van der Waals surface area contributed by atoms with Crippen molar-refractivity contribution in [3.63, 3.8) is 0 Å². The summed E-state index contributed by atoms with van der Waals surface area (Å²) in [5, 5.41) is 16.1. The maximum atomic E-state index is 11.9. The fourth-order valence-electron chi connectivity index (χ4n) is 2.29. The Balaban J connectivity index is 1.68. The topological polar surface area (TPSA) is 70.4 Å². The number of hydrogen-bond donors (Lipinski definition) is 2. The summed E-state index contributed by atoms with van der Waals surface area (Å²) in [7, 11) is 0. The van der Waals surface area contributed by atoms with E-state index in [1.807, 2.05) is 11.1 Å². The number of carbonyl (C=O) groups is 1. The van der Waals surface area contributed by atoms with E-state index in [1.54, 1.807) is 10.9 Å². The van der Waals surface area contributed by atoms with Crippen LogP contribution >= 0.6 is 0 Å². The molecule has 0 radical (unpaired) electrons. The molecule has 2 rings (SSSR count). The largest absolute Gasteiger partial charge is 0.394 e. The minimum Gasteiger partial charge on any atom is -0.394 e. The molecule has 0 bridgehead atoms. The maximum absolute atomic E-state index is 11.9. The smallest absolute Gasteiger partial charge is 0.236 e. The highest BCUT2D eigenvalue weighted by atomic mass is 16.3. The summed E-state index contributed by atoms with van der Waals surface area (Å²) in [6, 6.07) is 0. The van der Waals surface area contributed by atoms with Gasteiger partial charge >= 0.3 is 0 Å². The van der Waals surface area contributed by atoms with Gasteiger partial charge < -0.3 is 15.3 Å². The normalized spacial score (nSPS) is 15.7. The molecular weight excluding hydrogens is 244 g/mol. The lowest BCUT2D eigenvalue weighted by atomic mass is 10.1. The quantitative estimate of drug-likeness (QED) is 0.759. The van der Waals surface area contributed by atoms with Gasteiger partial charge in [0.25, 0.3) is 0 Å². The van der Waals surface area contributed by atoms with E-state index in [9.17, 15) is 4.79 Å². The van der Waals surface area contributed by atoms with Crippen LogP contribution < -0.4 is 5.32 Å². The third-order valence-corrected chi connectivity index (χ3v) is 3.33. The third kappa shape index (κ3) is 4.33. The van der Waals surface area contributed by atoms with Gasteiger partial charge in [-0.3, -0.25) is 9.48 Å². The molecule has 0 unspecified atom stereocenters. The van der Waals surface area contributed by atoms with Gasteiger partial charge in [-0.15, -0.1) is 0 Å². The fraction of sp³-hybridized carbons (Fsp3) is 0.692. The number of amides is 1. The summed E-state index contributed by atoms with van der Waals surface area (Å²) in [4.78, 5) is 13.8. The predicted molar refractivity (Wildman–Crippen MR) is 71.5 cm³/mol. The Morgan fingerprint density at radius 3 is 2.89 bits per heavy atom. The van der Waals surface area contributed by atoms with E-state index < -0.39 is 0 Å². The van der Waals surface area contributed by atoms with Crippen LogP contribution in [0.2, 0.25) is 0 Å². The number of aliphatic hydroxyl groups is 1. The van der Waals surface area contributed by atoms with E-state index in [4.69, 9.17) is 5.11 Å². The van der Waals surface area contributed by atoms with Crippen molar-refractivity contribution in [1.29, 1.82) is 0 Å². The Labute approximate surface area is 113 Å². The second-order valence-corrected chi connectivity index (χ2v) is 4.88. The van der Waals surface area contributed by atoms with Crippen LogP contribution in [-0.4, -0.2) is 51.9 Å². The molecule has 1 aliphatic rings. The Morgan fingerprint density at radius 1 is 1.37 bits per heavy atom. The van der Waals surface area contributed by atoms with Gasteiger partial charge in [-0.2, -0.15) is 5.10 Å². The van der Waals surface area contributed by atoms with Crippen molar-refractivity contribution >= 4 is 5.91 Å². The Bertz CT molecular complexity index is 399. The third-order valence-electron chi connectivity index (χ3n) is 3.33. The highest BCUT2D eigenvalue weighted by Gasteiger charge is 2.15. The first-order valence-corrected chi connectivity index (χ1v) is 6.90. The molecule has 0 saturated carbocycles. The first-order valence-electron chi connectivity index (χ1n) is 6.90. The molecule has 1 amide bonds. The molecule has 0 spiro atoms. The summed E-state index contributed by atoms with van der Waals surface area (Å²) in [6.45, 7) is 3.40. The van der Waals surface area contributed by atoms with Crippen LogP contribution in [0.3, 0.4) is 0 Å². The number of aliphatic hydroxyl groups excluding tert-OH is 1. The van der Waals surface area contributed by atoms with Gasteiger partial charge in [-0.05, 0) is 19.3 Å². The van der Waals surface area contributed by atoms with E-state index in [2.05, 4.69) is 10.4 Å². The van der Waals surface area contributed by atoms with Gasteiger partial charge in [0.15, 0.2) is 0 Å². The van der Waals surface area contributed by atoms with E-state index in [0.29, 0.717) is 19.6 Å². The first-order chi connectivity index (χ1) is 9.29. The number of rotatable bonds is 6. The number of nitrogens with zero attached hydrogens (tertiary/aromatic N) is 3. The van der Waals surface area contributed by atoms with Crippen LogP contribution in [0.4, 0.5) is 0 Å². The Hall–Kier alpha value is -1.40. The van der Waals surface area contributed by atoms with Crippen molar-refractivity contribution in [3.05, 3.63) is 18.0 Å². The van der Waals surface area contributed by atoms with Crippen molar-refractivity contribution < 1.29 is 9.90 Å². The van der Waals surface area contributed by atoms with E-state index in [0.717, 1.165) is 31.5 Å². The lowest BCUT2D eigenvalue weighted by molar-refractivity contribution is -0.131. The Morgan fingerprint density at radius 2 is 2.16 bits per heavy atom. The van der Waals surface area contributed by atoms with Crippen LogP contribution in [0.5, 0.6) is 0 Å². The predicted octanol–water partition coefficient (Wildman–Crippen LogP) is -0.0225. The zero-order valence-corrected chi connectivity index (χ0v) is 11.2. The van der Waals surface area contributed by atoms with Crippen molar-refractivity contribution in [2.75, 3.05) is 26.2 Å². The lowest BCUT2D eigenvalue weighted by Gasteiger charge is -2.26. The van der Waals surface area contributed by atoms with E-state index >= 15 is 0 Å². The zero-order chi connectivity index (χ0) is 13.5. The SMILES string of the molecule is O=C(CNCc1cnn(CCO)c1)N1CCCCC1. The van der Waals surface area contributed by atoms with Crippen molar-refractivity contribution in [3.8, 4) is 0 Å². The molecule has 1 aromatic heterocycles. The van der Waals surface area contributed by atoms with Gasteiger partial charge in [-0.25, -0.2) is 0 Å². The van der Waals surface area contributed by atoms with Crippen LogP contribution in [0.25, 0.3) is 0 Å². The molecule has 1 fully saturated rings. The molecule has 106 valence electrons. The molecule has 2 heterocycles. The molecule has 2 N–H and O–H groups in total. The lowest BCUT2D eigenvalue weighted by Crippen LogP contribution is -2.40. The molecule has 19 heavy (non-hydrogen) atoms. The van der Waals surface area contributed by atoms with Gasteiger partial charge in [0.05, 0.1) is 25.9 Å². The highest BCUT2D eigenvalue weighted by Crippen LogP contribution is 2.08. The molecular formula is C13H22N4O2. The van der Waals surface area contributed by atoms with Crippen molar-refractivity contribution in [1.82, 2.24) is 20.0 Å². The summed E-state index contributed by atoms with van der Waals surface area (Å²) in [5.74, 6) is 0.183. The van der Waals surface area contributed by atoms with Crippen molar-refractivity contribution in [2.24, 2.45) is 0 Å². The minimum atomic E-state index is 0.0853. The van der Waals surface area contributed by atoms with Crippen molar-refractivity contribution in [2.45, 2.75) is 32.4 Å². The summed E-state index contributed by atoms with van der Waals surface area (Å²) < 4.78 is 1.70. The Kier molecular flexibility index (Phi) is 5.35. The van der Waals surface area contributed by atoms with Crippen LogP contribution in [0.1, 0.15) is 24.8 Å². The molecule has 1 aliphatic heterocycles. The van der Waals surface area contributed by atoms with Crippen LogP contribution in [0.15, 0.2) is 12.4 Å². The van der Waals surface area contributed by atoms with Crippen LogP contribution in [0, 0.1) is 0 Å². The monoisotopic (exact) mass is 266 g/mol. The molecule has 0 aliphatic carbocycles.